The number of aryl methyl sites for hydroxylation is 2. The van der Waals surface area contributed by atoms with Crippen molar-refractivity contribution in [3.63, 3.8) is 0 Å². The zero-order valence-corrected chi connectivity index (χ0v) is 16.0. The first-order valence-electron chi connectivity index (χ1n) is 8.53. The van der Waals surface area contributed by atoms with Gasteiger partial charge in [-0.3, -0.25) is 4.79 Å². The Bertz CT molecular complexity index is 904. The summed E-state index contributed by atoms with van der Waals surface area (Å²) in [6.07, 6.45) is 0.722. The Hall–Kier alpha value is -2.66. The molecule has 26 heavy (non-hydrogen) atoms. The van der Waals surface area contributed by atoms with Gasteiger partial charge in [-0.1, -0.05) is 48.0 Å². The fourth-order valence-corrected chi connectivity index (χ4v) is 3.79. The molecule has 0 saturated heterocycles. The van der Waals surface area contributed by atoms with Gasteiger partial charge in [0.05, 0.1) is 12.8 Å². The summed E-state index contributed by atoms with van der Waals surface area (Å²) in [5, 5.41) is 3.87. The molecule has 0 saturated carbocycles. The lowest BCUT2D eigenvalue weighted by Crippen LogP contribution is -2.25. The van der Waals surface area contributed by atoms with Crippen LogP contribution in [0.3, 0.4) is 0 Å². The molecule has 0 fully saturated rings. The maximum absolute atomic E-state index is 12.5. The van der Waals surface area contributed by atoms with Gasteiger partial charge in [-0.05, 0) is 31.9 Å². The van der Waals surface area contributed by atoms with Gasteiger partial charge in [0.1, 0.15) is 15.6 Å². The van der Waals surface area contributed by atoms with Gasteiger partial charge in [-0.15, -0.1) is 11.3 Å². The first kappa shape index (κ1) is 18.1. The molecule has 0 bridgehead atoms. The monoisotopic (exact) mass is 366 g/mol. The van der Waals surface area contributed by atoms with E-state index < -0.39 is 0 Å². The largest absolute Gasteiger partial charge is 0.496 e. The van der Waals surface area contributed by atoms with Crippen LogP contribution in [0.2, 0.25) is 0 Å². The Morgan fingerprint density at radius 2 is 1.92 bits per heavy atom. The van der Waals surface area contributed by atoms with E-state index in [0.29, 0.717) is 11.4 Å². The minimum atomic E-state index is -0.0752. The van der Waals surface area contributed by atoms with Gasteiger partial charge in [-0.2, -0.15) is 0 Å². The van der Waals surface area contributed by atoms with E-state index >= 15 is 0 Å². The highest BCUT2D eigenvalue weighted by molar-refractivity contribution is 7.17. The molecule has 0 atom stereocenters. The zero-order valence-electron chi connectivity index (χ0n) is 15.2. The summed E-state index contributed by atoms with van der Waals surface area (Å²) in [5.41, 5.74) is 4.07. The van der Waals surface area contributed by atoms with Crippen LogP contribution in [-0.4, -0.2) is 24.5 Å². The number of rotatable bonds is 6. The molecule has 0 aliphatic carbocycles. The summed E-state index contributed by atoms with van der Waals surface area (Å²) in [4.78, 5) is 17.8. The molecule has 5 heteroatoms. The standard InChI is InChI=1S/C21H22N2O2S/c1-14-9-10-18(25-3)17(13-14)11-12-22-20(24)19-15(2)23-21(26-19)16-7-5-4-6-8-16/h4-10,13H,11-12H2,1-3H3,(H,22,24). The number of amides is 1. The van der Waals surface area contributed by atoms with Gasteiger partial charge in [0.2, 0.25) is 0 Å². The number of ether oxygens (including phenoxy) is 1. The molecule has 134 valence electrons. The first-order chi connectivity index (χ1) is 12.6. The van der Waals surface area contributed by atoms with Crippen LogP contribution in [0, 0.1) is 13.8 Å². The molecule has 0 aliphatic heterocycles. The third-order valence-corrected chi connectivity index (χ3v) is 5.34. The number of carbonyl (C=O) groups excluding carboxylic acids is 1. The molecular formula is C21H22N2O2S. The molecule has 0 unspecified atom stereocenters. The lowest BCUT2D eigenvalue weighted by Gasteiger charge is -2.10. The van der Waals surface area contributed by atoms with Crippen molar-refractivity contribution >= 4 is 17.2 Å². The number of aromatic nitrogens is 1. The second kappa shape index (κ2) is 8.15. The van der Waals surface area contributed by atoms with Crippen LogP contribution in [-0.2, 0) is 6.42 Å². The molecule has 3 aromatic rings. The molecule has 4 nitrogen and oxygen atoms in total. The van der Waals surface area contributed by atoms with Crippen LogP contribution in [0.25, 0.3) is 10.6 Å². The van der Waals surface area contributed by atoms with Crippen molar-refractivity contribution in [3.8, 4) is 16.3 Å². The number of benzene rings is 2. The van der Waals surface area contributed by atoms with E-state index in [1.807, 2.05) is 56.3 Å². The molecule has 3 rings (SSSR count). The summed E-state index contributed by atoms with van der Waals surface area (Å²) in [7, 11) is 1.67. The molecule has 1 amide bonds. The minimum absolute atomic E-state index is 0.0752. The highest BCUT2D eigenvalue weighted by Gasteiger charge is 2.16. The third-order valence-electron chi connectivity index (χ3n) is 4.14. The predicted molar refractivity (Wildman–Crippen MR) is 106 cm³/mol. The average Bonchev–Trinajstić information content (AvgIpc) is 3.04. The van der Waals surface area contributed by atoms with Crippen molar-refractivity contribution < 1.29 is 9.53 Å². The second-order valence-electron chi connectivity index (χ2n) is 6.12. The Balaban J connectivity index is 1.66. The van der Waals surface area contributed by atoms with Gasteiger partial charge in [-0.25, -0.2) is 4.98 Å². The van der Waals surface area contributed by atoms with Gasteiger partial charge < -0.3 is 10.1 Å². The number of nitrogens with zero attached hydrogens (tertiary/aromatic N) is 1. The van der Waals surface area contributed by atoms with Crippen LogP contribution in [0.15, 0.2) is 48.5 Å². The summed E-state index contributed by atoms with van der Waals surface area (Å²) in [6, 6.07) is 16.0. The van der Waals surface area contributed by atoms with E-state index in [0.717, 1.165) is 34.0 Å². The van der Waals surface area contributed by atoms with E-state index in [4.69, 9.17) is 4.74 Å². The summed E-state index contributed by atoms with van der Waals surface area (Å²) >= 11 is 1.43. The molecule has 2 aromatic carbocycles. The summed E-state index contributed by atoms with van der Waals surface area (Å²) in [5.74, 6) is 0.777. The van der Waals surface area contributed by atoms with Crippen LogP contribution in [0.5, 0.6) is 5.75 Å². The quantitative estimate of drug-likeness (QED) is 0.703. The highest BCUT2D eigenvalue weighted by atomic mass is 32.1. The molecule has 1 aromatic heterocycles. The molecular weight excluding hydrogens is 344 g/mol. The molecule has 1 heterocycles. The van der Waals surface area contributed by atoms with Crippen molar-refractivity contribution in [2.24, 2.45) is 0 Å². The minimum Gasteiger partial charge on any atom is -0.496 e. The zero-order chi connectivity index (χ0) is 18.5. The van der Waals surface area contributed by atoms with Gasteiger partial charge in [0, 0.05) is 12.1 Å². The number of carbonyl (C=O) groups is 1. The van der Waals surface area contributed by atoms with E-state index in [1.165, 1.54) is 16.9 Å². The van der Waals surface area contributed by atoms with Gasteiger partial charge >= 0.3 is 0 Å². The van der Waals surface area contributed by atoms with E-state index in [9.17, 15) is 4.79 Å². The van der Waals surface area contributed by atoms with Crippen LogP contribution < -0.4 is 10.1 Å². The van der Waals surface area contributed by atoms with Gasteiger partial charge in [0.15, 0.2) is 0 Å². The van der Waals surface area contributed by atoms with Crippen LogP contribution >= 0.6 is 11.3 Å². The van der Waals surface area contributed by atoms with E-state index in [2.05, 4.69) is 16.4 Å². The number of thiazole rings is 1. The van der Waals surface area contributed by atoms with Crippen molar-refractivity contribution in [1.29, 1.82) is 0 Å². The van der Waals surface area contributed by atoms with Gasteiger partial charge in [0.25, 0.3) is 5.91 Å². The molecule has 1 N–H and O–H groups in total. The average molecular weight is 366 g/mol. The fraction of sp³-hybridized carbons (Fsp3) is 0.238. The smallest absolute Gasteiger partial charge is 0.263 e. The maximum atomic E-state index is 12.5. The first-order valence-corrected chi connectivity index (χ1v) is 9.34. The van der Waals surface area contributed by atoms with Crippen molar-refractivity contribution in [2.75, 3.05) is 13.7 Å². The Morgan fingerprint density at radius 3 is 2.65 bits per heavy atom. The fourth-order valence-electron chi connectivity index (χ4n) is 2.81. The van der Waals surface area contributed by atoms with Crippen molar-refractivity contribution in [3.05, 3.63) is 70.2 Å². The van der Waals surface area contributed by atoms with Crippen molar-refractivity contribution in [1.82, 2.24) is 10.3 Å². The topological polar surface area (TPSA) is 51.2 Å². The predicted octanol–water partition coefficient (Wildman–Crippen LogP) is 4.41. The van der Waals surface area contributed by atoms with Crippen LogP contribution in [0.4, 0.5) is 0 Å². The number of nitrogens with one attached hydrogen (secondary N) is 1. The second-order valence-corrected chi connectivity index (χ2v) is 7.12. The lowest BCUT2D eigenvalue weighted by molar-refractivity contribution is 0.0957. The molecule has 0 aliphatic rings. The number of hydrogen-bond donors (Lipinski definition) is 1. The Labute approximate surface area is 157 Å². The van der Waals surface area contributed by atoms with Crippen LogP contribution in [0.1, 0.15) is 26.5 Å². The van der Waals surface area contributed by atoms with E-state index in [1.54, 1.807) is 7.11 Å². The number of hydrogen-bond acceptors (Lipinski definition) is 4. The summed E-state index contributed by atoms with van der Waals surface area (Å²) in [6.45, 7) is 4.48. The van der Waals surface area contributed by atoms with E-state index in [-0.39, 0.29) is 5.91 Å². The Kier molecular flexibility index (Phi) is 5.68. The van der Waals surface area contributed by atoms with Crippen molar-refractivity contribution in [2.45, 2.75) is 20.3 Å². The molecule has 0 spiro atoms. The summed E-state index contributed by atoms with van der Waals surface area (Å²) < 4.78 is 5.39. The highest BCUT2D eigenvalue weighted by Crippen LogP contribution is 2.27. The maximum Gasteiger partial charge on any atom is 0.263 e. The molecule has 0 radical (unpaired) electrons. The Morgan fingerprint density at radius 1 is 1.15 bits per heavy atom. The lowest BCUT2D eigenvalue weighted by atomic mass is 10.1. The SMILES string of the molecule is COc1ccc(C)cc1CCNC(=O)c1sc(-c2ccccc2)nc1C. The normalized spacial score (nSPS) is 10.6. The number of methoxy groups -OCH3 is 1. The third kappa shape index (κ3) is 4.11.